The van der Waals surface area contributed by atoms with Crippen molar-refractivity contribution < 1.29 is 29.4 Å². The number of Topliss-reactive ketones (excluding diaryl/α,β-unsaturated/α-hetero) is 1. The molecule has 3 amide bonds. The molecule has 0 aliphatic heterocycles. The zero-order valence-corrected chi connectivity index (χ0v) is 23.6. The fourth-order valence-electron chi connectivity index (χ4n) is 3.86. The first kappa shape index (κ1) is 34.7. The van der Waals surface area contributed by atoms with Crippen molar-refractivity contribution in [2.24, 2.45) is 5.92 Å². The summed E-state index contributed by atoms with van der Waals surface area (Å²) in [7, 11) is 0. The predicted octanol–water partition coefficient (Wildman–Crippen LogP) is 3.27. The molecule has 4 atom stereocenters. The number of hydrogen-bond donors (Lipinski definition) is 5. The second-order valence-corrected chi connectivity index (χ2v) is 10.2. The average Bonchev–Trinajstić information content (AvgIpc) is 2.82. The molecule has 0 saturated carbocycles. The van der Waals surface area contributed by atoms with Crippen LogP contribution in [0.2, 0.25) is 0 Å². The smallest absolute Gasteiger partial charge is 0.245 e. The lowest BCUT2D eigenvalue weighted by atomic mass is 10.0. The molecule has 0 spiro atoms. The highest BCUT2D eigenvalue weighted by atomic mass is 16.3. The van der Waals surface area contributed by atoms with Crippen LogP contribution in [-0.2, 0) is 19.2 Å². The first-order chi connectivity index (χ1) is 17.5. The fourth-order valence-corrected chi connectivity index (χ4v) is 3.86. The fraction of sp³-hybridized carbons (Fsp3) is 0.786. The molecule has 0 radical (unpaired) electrons. The minimum absolute atomic E-state index is 0.157. The van der Waals surface area contributed by atoms with Crippen LogP contribution in [0.4, 0.5) is 0 Å². The maximum atomic E-state index is 12.6. The Morgan fingerprint density at radius 3 is 1.73 bits per heavy atom. The van der Waals surface area contributed by atoms with Crippen LogP contribution in [0.5, 0.6) is 0 Å². The molecular weight excluding hydrogens is 474 g/mol. The predicted molar refractivity (Wildman–Crippen MR) is 145 cm³/mol. The molecule has 0 rings (SSSR count). The molecular formula is C28H51N3O6. The standard InChI is InChI=1S/C28H51N3O6/c1-6-7-8-9-10-11-12-13-14-15-16-17-18-19-23(34)26(35)31-27(36)24(20(2)3)30-28(37)25(21(4)32)29-22(5)33/h11-12,20-21,24-26,32,35H,6-10,13-19H2,1-5H3,(H,29,33)(H,30,37)(H,31,36)/b12-11-/t21?,24-,25-,26?/m0/s1. The normalized spacial score (nSPS) is 14.7. The maximum absolute atomic E-state index is 12.6. The number of aliphatic hydroxyl groups excluding tert-OH is 2. The molecule has 0 heterocycles. The lowest BCUT2D eigenvalue weighted by Gasteiger charge is -2.27. The first-order valence-electron chi connectivity index (χ1n) is 13.9. The van der Waals surface area contributed by atoms with Crippen LogP contribution in [0.25, 0.3) is 0 Å². The summed E-state index contributed by atoms with van der Waals surface area (Å²) in [6.45, 7) is 8.16. The highest BCUT2D eigenvalue weighted by Crippen LogP contribution is 2.10. The monoisotopic (exact) mass is 525 g/mol. The number of unbranched alkanes of at least 4 members (excludes halogenated alkanes) is 9. The molecule has 2 unspecified atom stereocenters. The summed E-state index contributed by atoms with van der Waals surface area (Å²) in [5.74, 6) is -2.79. The van der Waals surface area contributed by atoms with Crippen LogP contribution < -0.4 is 16.0 Å². The van der Waals surface area contributed by atoms with Gasteiger partial charge in [-0.25, -0.2) is 0 Å². The van der Waals surface area contributed by atoms with Crippen molar-refractivity contribution in [3.63, 3.8) is 0 Å². The summed E-state index contributed by atoms with van der Waals surface area (Å²) < 4.78 is 0. The van der Waals surface area contributed by atoms with Gasteiger partial charge in [-0.1, -0.05) is 71.4 Å². The molecule has 5 N–H and O–H groups in total. The Bertz CT molecular complexity index is 708. The van der Waals surface area contributed by atoms with Crippen LogP contribution >= 0.6 is 0 Å². The van der Waals surface area contributed by atoms with Gasteiger partial charge >= 0.3 is 0 Å². The highest BCUT2D eigenvalue weighted by Gasteiger charge is 2.32. The number of nitrogens with one attached hydrogen (secondary N) is 3. The quantitative estimate of drug-likeness (QED) is 0.0883. The van der Waals surface area contributed by atoms with Gasteiger partial charge < -0.3 is 26.2 Å². The van der Waals surface area contributed by atoms with Crippen LogP contribution in [0.3, 0.4) is 0 Å². The largest absolute Gasteiger partial charge is 0.391 e. The molecule has 0 aliphatic rings. The Kier molecular flexibility index (Phi) is 19.5. The topological polar surface area (TPSA) is 145 Å². The maximum Gasteiger partial charge on any atom is 0.245 e. The SMILES string of the molecule is CCCCCC/C=C\CCCCCCCC(=O)C(O)NC(=O)[C@@H](NC(=O)[C@@H](NC(C)=O)C(C)O)C(C)C. The molecule has 9 nitrogen and oxygen atoms in total. The van der Waals surface area contributed by atoms with Gasteiger partial charge in [0.2, 0.25) is 17.7 Å². The Labute approximate surface area is 223 Å². The Morgan fingerprint density at radius 2 is 1.22 bits per heavy atom. The van der Waals surface area contributed by atoms with Gasteiger partial charge in [-0.3, -0.25) is 19.2 Å². The van der Waals surface area contributed by atoms with Crippen LogP contribution in [0, 0.1) is 5.92 Å². The summed E-state index contributed by atoms with van der Waals surface area (Å²) in [6.07, 6.45) is 14.0. The summed E-state index contributed by atoms with van der Waals surface area (Å²) in [5.41, 5.74) is 0. The van der Waals surface area contributed by atoms with Gasteiger partial charge in [0, 0.05) is 13.3 Å². The number of rotatable bonds is 21. The molecule has 0 aromatic carbocycles. The molecule has 0 aromatic rings. The van der Waals surface area contributed by atoms with Crippen LogP contribution in [0.1, 0.15) is 112 Å². The van der Waals surface area contributed by atoms with Crippen molar-refractivity contribution in [1.82, 2.24) is 16.0 Å². The van der Waals surface area contributed by atoms with E-state index in [2.05, 4.69) is 35.0 Å². The third-order valence-corrected chi connectivity index (χ3v) is 6.14. The molecule has 0 fully saturated rings. The zero-order valence-electron chi connectivity index (χ0n) is 23.6. The van der Waals surface area contributed by atoms with E-state index < -0.39 is 47.9 Å². The van der Waals surface area contributed by atoms with E-state index in [9.17, 15) is 29.4 Å². The van der Waals surface area contributed by atoms with Crippen molar-refractivity contribution in [2.45, 2.75) is 136 Å². The summed E-state index contributed by atoms with van der Waals surface area (Å²) >= 11 is 0. The summed E-state index contributed by atoms with van der Waals surface area (Å²) in [4.78, 5) is 48.7. The lowest BCUT2D eigenvalue weighted by molar-refractivity contribution is -0.139. The molecule has 0 aromatic heterocycles. The first-order valence-corrected chi connectivity index (χ1v) is 13.9. The second-order valence-electron chi connectivity index (χ2n) is 10.2. The summed E-state index contributed by atoms with van der Waals surface area (Å²) in [6, 6.07) is -2.29. The minimum atomic E-state index is -1.66. The van der Waals surface area contributed by atoms with Crippen molar-refractivity contribution >= 4 is 23.5 Å². The molecule has 0 saturated heterocycles. The molecule has 0 aliphatic carbocycles. The number of ketones is 1. The number of aliphatic hydroxyl groups is 2. The average molecular weight is 526 g/mol. The summed E-state index contributed by atoms with van der Waals surface area (Å²) in [5, 5.41) is 27.1. The van der Waals surface area contributed by atoms with Crippen LogP contribution in [-0.4, -0.2) is 58.1 Å². The highest BCUT2D eigenvalue weighted by molar-refractivity contribution is 5.94. The minimum Gasteiger partial charge on any atom is -0.391 e. The number of allylic oxidation sites excluding steroid dienone is 2. The number of carbonyl (C=O) groups is 4. The van der Waals surface area contributed by atoms with E-state index in [-0.39, 0.29) is 12.3 Å². The number of amides is 3. The zero-order chi connectivity index (χ0) is 28.2. The van der Waals surface area contributed by atoms with E-state index in [0.717, 1.165) is 38.5 Å². The van der Waals surface area contributed by atoms with E-state index in [1.807, 2.05) is 0 Å². The van der Waals surface area contributed by atoms with E-state index in [1.165, 1.54) is 39.5 Å². The third kappa shape index (κ3) is 17.0. The van der Waals surface area contributed by atoms with Crippen LogP contribution in [0.15, 0.2) is 12.2 Å². The van der Waals surface area contributed by atoms with Gasteiger partial charge in [0.05, 0.1) is 6.10 Å². The molecule has 0 bridgehead atoms. The van der Waals surface area contributed by atoms with Gasteiger partial charge in [-0.2, -0.15) is 0 Å². The molecule has 37 heavy (non-hydrogen) atoms. The Hall–Kier alpha value is -2.26. The second kappa shape index (κ2) is 20.8. The van der Waals surface area contributed by atoms with Gasteiger partial charge in [0.15, 0.2) is 12.0 Å². The molecule has 214 valence electrons. The van der Waals surface area contributed by atoms with Gasteiger partial charge in [0.1, 0.15) is 12.1 Å². The van der Waals surface area contributed by atoms with Crippen molar-refractivity contribution in [3.05, 3.63) is 12.2 Å². The molecule has 9 heteroatoms. The van der Waals surface area contributed by atoms with Crippen molar-refractivity contribution in [3.8, 4) is 0 Å². The van der Waals surface area contributed by atoms with E-state index in [1.54, 1.807) is 13.8 Å². The van der Waals surface area contributed by atoms with E-state index in [4.69, 9.17) is 0 Å². The Morgan fingerprint density at radius 1 is 0.703 bits per heavy atom. The number of carbonyl (C=O) groups excluding carboxylic acids is 4. The van der Waals surface area contributed by atoms with Crippen molar-refractivity contribution in [2.75, 3.05) is 0 Å². The lowest BCUT2D eigenvalue weighted by Crippen LogP contribution is -2.59. The third-order valence-electron chi connectivity index (χ3n) is 6.14. The van der Waals surface area contributed by atoms with Gasteiger partial charge in [-0.05, 0) is 44.9 Å². The van der Waals surface area contributed by atoms with Crippen molar-refractivity contribution in [1.29, 1.82) is 0 Å². The van der Waals surface area contributed by atoms with Gasteiger partial charge in [0.25, 0.3) is 0 Å². The van der Waals surface area contributed by atoms with Gasteiger partial charge in [-0.15, -0.1) is 0 Å². The van der Waals surface area contributed by atoms with E-state index in [0.29, 0.717) is 6.42 Å². The van der Waals surface area contributed by atoms with E-state index >= 15 is 0 Å². The Balaban J connectivity index is 4.33. The number of hydrogen-bond acceptors (Lipinski definition) is 6.